The van der Waals surface area contributed by atoms with Crippen LogP contribution in [0.25, 0.3) is 0 Å². The normalized spacial score (nSPS) is 13.6. The maximum Gasteiger partial charge on any atom is 0.305 e. The van der Waals surface area contributed by atoms with Crippen LogP contribution >= 0.6 is 12.6 Å². The Kier molecular flexibility index (Phi) is 11.7. The predicted octanol–water partition coefficient (Wildman–Crippen LogP) is 4.67. The van der Waals surface area contributed by atoms with Gasteiger partial charge in [0.05, 0.1) is 12.5 Å². The van der Waals surface area contributed by atoms with Crippen molar-refractivity contribution in [3.05, 3.63) is 24.3 Å². The first-order chi connectivity index (χ1) is 11.2. The van der Waals surface area contributed by atoms with Gasteiger partial charge in [-0.1, -0.05) is 56.4 Å². The molecule has 0 aromatic carbocycles. The molecule has 4 heteroatoms. The van der Waals surface area contributed by atoms with Crippen molar-refractivity contribution in [1.82, 2.24) is 0 Å². The number of hydrogen-bond acceptors (Lipinski definition) is 4. The van der Waals surface area contributed by atoms with Crippen molar-refractivity contribution in [3.8, 4) is 0 Å². The van der Waals surface area contributed by atoms with Crippen LogP contribution in [0.5, 0.6) is 0 Å². The molecule has 0 saturated carbocycles. The van der Waals surface area contributed by atoms with Gasteiger partial charge in [-0.2, -0.15) is 12.6 Å². The van der Waals surface area contributed by atoms with Crippen LogP contribution in [0.4, 0.5) is 0 Å². The summed E-state index contributed by atoms with van der Waals surface area (Å²) in [5, 5.41) is 0. The van der Waals surface area contributed by atoms with Crippen molar-refractivity contribution >= 4 is 24.4 Å². The Bertz CT molecular complexity index is 389. The Morgan fingerprint density at radius 2 is 1.43 bits per heavy atom. The van der Waals surface area contributed by atoms with Crippen LogP contribution in [-0.4, -0.2) is 24.1 Å². The highest BCUT2D eigenvalue weighted by Crippen LogP contribution is 2.14. The van der Waals surface area contributed by atoms with Crippen molar-refractivity contribution in [2.24, 2.45) is 5.92 Å². The summed E-state index contributed by atoms with van der Waals surface area (Å²) in [7, 11) is 0. The number of unbranched alkanes of at least 4 members (excludes halogenated alkanes) is 6. The third-order valence-corrected chi connectivity index (χ3v) is 4.31. The number of rotatable bonds is 14. The van der Waals surface area contributed by atoms with E-state index in [-0.39, 0.29) is 17.7 Å². The van der Waals surface area contributed by atoms with E-state index in [1.54, 1.807) is 0 Å². The summed E-state index contributed by atoms with van der Waals surface area (Å²) in [5.41, 5.74) is 0. The molecule has 0 aromatic heterocycles. The van der Waals surface area contributed by atoms with Crippen molar-refractivity contribution in [2.45, 2.75) is 64.2 Å². The number of thiol groups is 1. The van der Waals surface area contributed by atoms with E-state index in [0.29, 0.717) is 25.9 Å². The van der Waals surface area contributed by atoms with Gasteiger partial charge in [0.25, 0.3) is 0 Å². The lowest BCUT2D eigenvalue weighted by molar-refractivity contribution is -0.143. The molecule has 1 aliphatic carbocycles. The highest BCUT2D eigenvalue weighted by molar-refractivity contribution is 7.80. The van der Waals surface area contributed by atoms with Gasteiger partial charge in [-0.3, -0.25) is 9.59 Å². The molecule has 0 amide bonds. The maximum absolute atomic E-state index is 11.8. The smallest absolute Gasteiger partial charge is 0.305 e. The fourth-order valence-electron chi connectivity index (χ4n) is 2.58. The number of allylic oxidation sites excluding steroid dienone is 4. The Morgan fingerprint density at radius 1 is 0.826 bits per heavy atom. The third kappa shape index (κ3) is 10.4. The van der Waals surface area contributed by atoms with Gasteiger partial charge in [-0.25, -0.2) is 0 Å². The second kappa shape index (κ2) is 13.4. The monoisotopic (exact) mass is 338 g/mol. The Hall–Kier alpha value is -1.03. The topological polar surface area (TPSA) is 43.4 Å². The van der Waals surface area contributed by atoms with Gasteiger partial charge < -0.3 is 4.74 Å². The molecule has 0 fully saturated rings. The van der Waals surface area contributed by atoms with Crippen molar-refractivity contribution in [1.29, 1.82) is 0 Å². The molecule has 0 bridgehead atoms. The number of ketones is 1. The van der Waals surface area contributed by atoms with Crippen LogP contribution in [-0.2, 0) is 14.3 Å². The summed E-state index contributed by atoms with van der Waals surface area (Å²) in [5.74, 6) is 0.902. The number of hydrogen-bond donors (Lipinski definition) is 1. The van der Waals surface area contributed by atoms with E-state index in [0.717, 1.165) is 18.6 Å². The van der Waals surface area contributed by atoms with Gasteiger partial charge >= 0.3 is 5.97 Å². The van der Waals surface area contributed by atoms with Crippen LogP contribution in [0.2, 0.25) is 0 Å². The summed E-state index contributed by atoms with van der Waals surface area (Å²) in [4.78, 5) is 23.4. The highest BCUT2D eigenvalue weighted by Gasteiger charge is 2.14. The van der Waals surface area contributed by atoms with Crippen molar-refractivity contribution in [3.63, 3.8) is 0 Å². The van der Waals surface area contributed by atoms with Crippen LogP contribution in [0.15, 0.2) is 24.3 Å². The number of ether oxygens (including phenoxy) is 1. The molecule has 0 aromatic rings. The molecule has 0 saturated heterocycles. The van der Waals surface area contributed by atoms with Crippen molar-refractivity contribution < 1.29 is 14.3 Å². The molecule has 23 heavy (non-hydrogen) atoms. The minimum absolute atomic E-state index is 0.0845. The second-order valence-electron chi connectivity index (χ2n) is 6.03. The Labute approximate surface area is 146 Å². The predicted molar refractivity (Wildman–Crippen MR) is 97.8 cm³/mol. The fourth-order valence-corrected chi connectivity index (χ4v) is 2.80. The third-order valence-electron chi connectivity index (χ3n) is 3.99. The van der Waals surface area contributed by atoms with E-state index >= 15 is 0 Å². The molecule has 1 rings (SSSR count). The molecule has 0 radical (unpaired) electrons. The van der Waals surface area contributed by atoms with E-state index < -0.39 is 0 Å². The standard InChI is InChI=1S/C19H30O3S/c20-18(17-11-6-7-12-17)13-10-14-19(21)22-15-8-4-2-1-3-5-9-16-23/h6-7,11-12,17,23H,1-5,8-10,13-16H2. The average molecular weight is 339 g/mol. The number of esters is 1. The molecule has 0 aliphatic heterocycles. The van der Waals surface area contributed by atoms with Crippen LogP contribution in [0.3, 0.4) is 0 Å². The number of carbonyl (C=O) groups excluding carboxylic acids is 2. The second-order valence-corrected chi connectivity index (χ2v) is 6.48. The Balaban J connectivity index is 1.87. The first-order valence-electron chi connectivity index (χ1n) is 8.88. The lowest BCUT2D eigenvalue weighted by atomic mass is 10.0. The average Bonchev–Trinajstić information content (AvgIpc) is 3.08. The quantitative estimate of drug-likeness (QED) is 0.284. The van der Waals surface area contributed by atoms with Gasteiger partial charge in [-0.05, 0) is 25.0 Å². The summed E-state index contributed by atoms with van der Waals surface area (Å²) >= 11 is 4.20. The fraction of sp³-hybridized carbons (Fsp3) is 0.684. The zero-order valence-electron chi connectivity index (χ0n) is 14.0. The van der Waals surface area contributed by atoms with E-state index in [1.807, 2.05) is 24.3 Å². The molecular formula is C19H30O3S. The molecular weight excluding hydrogens is 308 g/mol. The first kappa shape index (κ1) is 20.0. The van der Waals surface area contributed by atoms with E-state index in [9.17, 15) is 9.59 Å². The van der Waals surface area contributed by atoms with E-state index in [4.69, 9.17) is 4.74 Å². The van der Waals surface area contributed by atoms with Gasteiger partial charge in [0.15, 0.2) is 0 Å². The zero-order chi connectivity index (χ0) is 16.8. The maximum atomic E-state index is 11.8. The highest BCUT2D eigenvalue weighted by atomic mass is 32.1. The van der Waals surface area contributed by atoms with Crippen LogP contribution in [0.1, 0.15) is 64.2 Å². The number of Topliss-reactive ketones (excluding diaryl/α,β-unsaturated/α-hetero) is 1. The molecule has 0 N–H and O–H groups in total. The minimum atomic E-state index is -0.177. The summed E-state index contributed by atoms with van der Waals surface area (Å²) in [6.07, 6.45) is 17.2. The minimum Gasteiger partial charge on any atom is -0.466 e. The molecule has 130 valence electrons. The Morgan fingerprint density at radius 3 is 2.09 bits per heavy atom. The summed E-state index contributed by atoms with van der Waals surface area (Å²) in [6.45, 7) is 0.511. The molecule has 0 atom stereocenters. The summed E-state index contributed by atoms with van der Waals surface area (Å²) < 4.78 is 5.21. The number of carbonyl (C=O) groups is 2. The first-order valence-corrected chi connectivity index (χ1v) is 9.51. The molecule has 1 aliphatic rings. The largest absolute Gasteiger partial charge is 0.466 e. The van der Waals surface area contributed by atoms with Crippen LogP contribution in [0, 0.1) is 5.92 Å². The summed E-state index contributed by atoms with van der Waals surface area (Å²) in [6, 6.07) is 0. The van der Waals surface area contributed by atoms with E-state index in [1.165, 1.54) is 32.1 Å². The lowest BCUT2D eigenvalue weighted by Crippen LogP contribution is -2.10. The molecule has 0 unspecified atom stereocenters. The van der Waals surface area contributed by atoms with E-state index in [2.05, 4.69) is 12.6 Å². The zero-order valence-corrected chi connectivity index (χ0v) is 14.9. The van der Waals surface area contributed by atoms with Gasteiger partial charge in [0, 0.05) is 12.8 Å². The van der Waals surface area contributed by atoms with Gasteiger partial charge in [0.1, 0.15) is 5.78 Å². The molecule has 0 heterocycles. The SMILES string of the molecule is O=C(CCCC(=O)C1C=CC=C1)OCCCCCCCCCS. The lowest BCUT2D eigenvalue weighted by Gasteiger charge is -2.06. The molecule has 0 spiro atoms. The molecule has 3 nitrogen and oxygen atoms in total. The van der Waals surface area contributed by atoms with Gasteiger partial charge in [-0.15, -0.1) is 0 Å². The van der Waals surface area contributed by atoms with Gasteiger partial charge in [0.2, 0.25) is 0 Å². The van der Waals surface area contributed by atoms with Crippen molar-refractivity contribution in [2.75, 3.05) is 12.4 Å². The van der Waals surface area contributed by atoms with Crippen LogP contribution < -0.4 is 0 Å².